The van der Waals surface area contributed by atoms with Crippen LogP contribution in [0.5, 0.6) is 0 Å². The second-order valence-electron chi connectivity index (χ2n) is 17.3. The fraction of sp³-hybridized carbons (Fsp3) is 0.103. The molecule has 306 valence electrons. The summed E-state index contributed by atoms with van der Waals surface area (Å²) in [6.45, 7) is 8.95. The van der Waals surface area contributed by atoms with E-state index in [4.69, 9.17) is 28.8 Å². The number of hydrogen-bond acceptors (Lipinski definition) is 6. The highest BCUT2D eigenvalue weighted by Crippen LogP contribution is 2.42. The number of benzene rings is 8. The van der Waals surface area contributed by atoms with Crippen molar-refractivity contribution >= 4 is 65.4 Å². The monoisotopic (exact) mass is 826 g/mol. The fourth-order valence-corrected chi connectivity index (χ4v) is 9.61. The highest BCUT2D eigenvalue weighted by atomic mass is 16.3. The van der Waals surface area contributed by atoms with E-state index in [0.717, 1.165) is 88.3 Å². The molecule has 0 saturated heterocycles. The molecular formula is C58H42N4O2. The summed E-state index contributed by atoms with van der Waals surface area (Å²) in [6, 6.07) is 58.9. The van der Waals surface area contributed by atoms with Crippen molar-refractivity contribution in [1.29, 1.82) is 0 Å². The lowest BCUT2D eigenvalue weighted by Gasteiger charge is -2.16. The van der Waals surface area contributed by atoms with E-state index >= 15 is 0 Å². The first-order chi connectivity index (χ1) is 31.4. The van der Waals surface area contributed by atoms with Gasteiger partial charge in [0.15, 0.2) is 11.6 Å². The van der Waals surface area contributed by atoms with Gasteiger partial charge in [0.25, 0.3) is 0 Å². The van der Waals surface area contributed by atoms with Gasteiger partial charge in [-0.05, 0) is 80.9 Å². The lowest BCUT2D eigenvalue weighted by molar-refractivity contribution is 0.669. The number of nitrogens with zero attached hydrogens (tertiary/aromatic N) is 4. The molecule has 4 heterocycles. The average molecular weight is 827 g/mol. The molecular weight excluding hydrogens is 785 g/mol. The van der Waals surface area contributed by atoms with Crippen LogP contribution in [0.25, 0.3) is 122 Å². The van der Waals surface area contributed by atoms with E-state index in [2.05, 4.69) is 149 Å². The van der Waals surface area contributed by atoms with E-state index in [9.17, 15) is 0 Å². The van der Waals surface area contributed by atoms with E-state index in [0.29, 0.717) is 34.9 Å². The Hall–Kier alpha value is -7.96. The number of para-hydroxylation sites is 4. The average Bonchev–Trinajstić information content (AvgIpc) is 3.92. The molecule has 4 aromatic heterocycles. The molecule has 0 radical (unpaired) electrons. The van der Waals surface area contributed by atoms with Gasteiger partial charge in [-0.2, -0.15) is 0 Å². The second-order valence-corrected chi connectivity index (χ2v) is 17.3. The number of rotatable bonds is 7. The minimum absolute atomic E-state index is 0.340. The first kappa shape index (κ1) is 37.8. The van der Waals surface area contributed by atoms with Crippen molar-refractivity contribution in [1.82, 2.24) is 19.9 Å². The number of fused-ring (bicyclic) bond motifs is 8. The van der Waals surface area contributed by atoms with Gasteiger partial charge in [0, 0.05) is 43.8 Å². The molecule has 0 saturated carbocycles. The molecule has 0 spiro atoms. The lowest BCUT2D eigenvalue weighted by atomic mass is 9.92. The highest BCUT2D eigenvalue weighted by Gasteiger charge is 2.22. The van der Waals surface area contributed by atoms with Crippen LogP contribution in [0.1, 0.15) is 50.7 Å². The van der Waals surface area contributed by atoms with Crippen LogP contribution in [-0.2, 0) is 0 Å². The van der Waals surface area contributed by atoms with E-state index in [1.165, 1.54) is 21.9 Å². The first-order valence-electron chi connectivity index (χ1n) is 22.0. The molecule has 0 unspecified atom stereocenters. The number of furan rings is 2. The Morgan fingerprint density at radius 1 is 0.312 bits per heavy atom. The predicted octanol–water partition coefficient (Wildman–Crippen LogP) is 16.0. The van der Waals surface area contributed by atoms with Crippen molar-refractivity contribution < 1.29 is 8.83 Å². The van der Waals surface area contributed by atoms with Crippen molar-refractivity contribution in [2.45, 2.75) is 39.5 Å². The van der Waals surface area contributed by atoms with Gasteiger partial charge in [-0.25, -0.2) is 19.9 Å². The quantitative estimate of drug-likeness (QED) is 0.159. The van der Waals surface area contributed by atoms with Gasteiger partial charge in [-0.1, -0.05) is 161 Å². The standard InChI is InChI=1S/C58H42N4O2/c1-33(2)35-27-29-45(39-17-7-5-15-37(35)39)57-59-49(47-23-13-21-43-41-19-9-11-25-53(41)63-55(43)47)31-51(61-57)52-32-50(48-24-14-22-44-42-20-10-12-26-54(42)64-56(44)48)60-58(62-52)46-30-28-36(34(3)4)38-16-6-8-18-40(38)46/h5-34H,1-4H3. The summed E-state index contributed by atoms with van der Waals surface area (Å²) < 4.78 is 13.3. The molecule has 0 atom stereocenters. The highest BCUT2D eigenvalue weighted by molar-refractivity contribution is 6.11. The third-order valence-corrected chi connectivity index (χ3v) is 12.7. The Kier molecular flexibility index (Phi) is 8.76. The molecule has 0 aliphatic rings. The number of aromatic nitrogens is 4. The molecule has 0 aliphatic carbocycles. The van der Waals surface area contributed by atoms with Crippen LogP contribution >= 0.6 is 0 Å². The Balaban J connectivity index is 1.16. The van der Waals surface area contributed by atoms with Gasteiger partial charge in [0.1, 0.15) is 22.3 Å². The molecule has 12 aromatic rings. The second kappa shape index (κ2) is 14.8. The minimum atomic E-state index is 0.340. The third kappa shape index (κ3) is 6.09. The molecule has 0 bridgehead atoms. The van der Waals surface area contributed by atoms with Gasteiger partial charge in [-0.3, -0.25) is 0 Å². The molecule has 6 nitrogen and oxygen atoms in total. The topological polar surface area (TPSA) is 77.8 Å². The minimum Gasteiger partial charge on any atom is -0.455 e. The Bertz CT molecular complexity index is 3570. The zero-order valence-corrected chi connectivity index (χ0v) is 35.9. The van der Waals surface area contributed by atoms with Gasteiger partial charge in [-0.15, -0.1) is 0 Å². The van der Waals surface area contributed by atoms with Crippen molar-refractivity contribution in [2.75, 3.05) is 0 Å². The fourth-order valence-electron chi connectivity index (χ4n) is 9.61. The van der Waals surface area contributed by atoms with E-state index in [1.54, 1.807) is 0 Å². The molecule has 12 rings (SSSR count). The van der Waals surface area contributed by atoms with Crippen molar-refractivity contribution in [3.63, 3.8) is 0 Å². The predicted molar refractivity (Wildman–Crippen MR) is 263 cm³/mol. The van der Waals surface area contributed by atoms with Crippen molar-refractivity contribution in [3.05, 3.63) is 181 Å². The lowest BCUT2D eigenvalue weighted by Crippen LogP contribution is -2.02. The summed E-state index contributed by atoms with van der Waals surface area (Å²) in [5, 5.41) is 8.74. The molecule has 0 fully saturated rings. The van der Waals surface area contributed by atoms with E-state index in [1.807, 2.05) is 48.5 Å². The molecule has 0 aliphatic heterocycles. The molecule has 64 heavy (non-hydrogen) atoms. The summed E-state index contributed by atoms with van der Waals surface area (Å²) in [6.07, 6.45) is 0. The third-order valence-electron chi connectivity index (χ3n) is 12.7. The Morgan fingerprint density at radius 2 is 0.672 bits per heavy atom. The van der Waals surface area contributed by atoms with E-state index < -0.39 is 0 Å². The molecule has 6 heteroatoms. The van der Waals surface area contributed by atoms with Crippen LogP contribution in [0.4, 0.5) is 0 Å². The Morgan fingerprint density at radius 3 is 1.09 bits per heavy atom. The summed E-state index contributed by atoms with van der Waals surface area (Å²) in [5.74, 6) is 1.87. The summed E-state index contributed by atoms with van der Waals surface area (Å²) in [4.78, 5) is 21.7. The van der Waals surface area contributed by atoms with Gasteiger partial charge >= 0.3 is 0 Å². The summed E-state index contributed by atoms with van der Waals surface area (Å²) in [5.41, 5.74) is 12.2. The van der Waals surface area contributed by atoms with Crippen LogP contribution in [0.15, 0.2) is 179 Å². The van der Waals surface area contributed by atoms with Crippen molar-refractivity contribution in [3.8, 4) is 56.7 Å². The van der Waals surface area contributed by atoms with Crippen LogP contribution in [0.3, 0.4) is 0 Å². The Labute approximate surface area is 369 Å². The molecule has 0 N–H and O–H groups in total. The largest absolute Gasteiger partial charge is 0.455 e. The van der Waals surface area contributed by atoms with Crippen LogP contribution in [0.2, 0.25) is 0 Å². The number of hydrogen-bond donors (Lipinski definition) is 0. The molecule has 8 aromatic carbocycles. The van der Waals surface area contributed by atoms with E-state index in [-0.39, 0.29) is 0 Å². The maximum atomic E-state index is 6.63. The van der Waals surface area contributed by atoms with Crippen LogP contribution in [-0.4, -0.2) is 19.9 Å². The SMILES string of the molecule is CC(C)c1ccc(-c2nc(-c3cc(-c4cccc5c4oc4ccccc45)nc(-c4ccc(C(C)C)c5ccccc45)n3)cc(-c3cccc4c3oc3ccccc34)n2)c2ccccc12. The zero-order chi connectivity index (χ0) is 43.1. The maximum absolute atomic E-state index is 6.63. The maximum Gasteiger partial charge on any atom is 0.161 e. The summed E-state index contributed by atoms with van der Waals surface area (Å²) in [7, 11) is 0. The van der Waals surface area contributed by atoms with Crippen molar-refractivity contribution in [2.24, 2.45) is 0 Å². The smallest absolute Gasteiger partial charge is 0.161 e. The van der Waals surface area contributed by atoms with Gasteiger partial charge in [0.2, 0.25) is 0 Å². The van der Waals surface area contributed by atoms with Gasteiger partial charge < -0.3 is 8.83 Å². The normalized spacial score (nSPS) is 12.0. The van der Waals surface area contributed by atoms with Crippen LogP contribution < -0.4 is 0 Å². The molecule has 0 amide bonds. The summed E-state index contributed by atoms with van der Waals surface area (Å²) >= 11 is 0. The zero-order valence-electron chi connectivity index (χ0n) is 35.9. The van der Waals surface area contributed by atoms with Gasteiger partial charge in [0.05, 0.1) is 22.8 Å². The first-order valence-corrected chi connectivity index (χ1v) is 22.0. The van der Waals surface area contributed by atoms with Crippen LogP contribution in [0, 0.1) is 0 Å².